The lowest BCUT2D eigenvalue weighted by molar-refractivity contribution is -0.134. The van der Waals surface area contributed by atoms with Gasteiger partial charge in [0.2, 0.25) is 5.91 Å². The number of rotatable bonds is 3. The predicted octanol–water partition coefficient (Wildman–Crippen LogP) is 1.23. The third kappa shape index (κ3) is 2.76. The summed E-state index contributed by atoms with van der Waals surface area (Å²) in [6, 6.07) is 0. The largest absolute Gasteiger partial charge is 0.341 e. The SMILES string of the molecule is CC1CCCN(C(=O)CN2CCn3c(nnc3C3CC3)C2)C1. The van der Waals surface area contributed by atoms with Crippen LogP contribution in [0.5, 0.6) is 0 Å². The zero-order valence-corrected chi connectivity index (χ0v) is 13.4. The molecule has 0 bridgehead atoms. The van der Waals surface area contributed by atoms with E-state index in [9.17, 15) is 4.79 Å². The molecule has 1 aliphatic carbocycles. The molecule has 1 saturated carbocycles. The quantitative estimate of drug-likeness (QED) is 0.843. The summed E-state index contributed by atoms with van der Waals surface area (Å²) in [6.07, 6.45) is 4.91. The van der Waals surface area contributed by atoms with Crippen LogP contribution in [-0.4, -0.2) is 56.7 Å². The van der Waals surface area contributed by atoms with Gasteiger partial charge in [-0.25, -0.2) is 0 Å². The summed E-state index contributed by atoms with van der Waals surface area (Å²) < 4.78 is 2.28. The van der Waals surface area contributed by atoms with Gasteiger partial charge < -0.3 is 9.47 Å². The fraction of sp³-hybridized carbons (Fsp3) is 0.812. The van der Waals surface area contributed by atoms with Crippen LogP contribution in [0.25, 0.3) is 0 Å². The van der Waals surface area contributed by atoms with E-state index in [1.165, 1.54) is 25.1 Å². The molecule has 0 aromatic carbocycles. The Morgan fingerprint density at radius 3 is 2.82 bits per heavy atom. The summed E-state index contributed by atoms with van der Waals surface area (Å²) in [5, 5.41) is 8.71. The summed E-state index contributed by atoms with van der Waals surface area (Å²) in [5.74, 6) is 3.77. The van der Waals surface area contributed by atoms with Gasteiger partial charge in [-0.15, -0.1) is 10.2 Å². The van der Waals surface area contributed by atoms with Crippen LogP contribution in [0.1, 0.15) is 50.2 Å². The van der Waals surface area contributed by atoms with Gasteiger partial charge in [-0.05, 0) is 31.6 Å². The number of nitrogens with zero attached hydrogens (tertiary/aromatic N) is 5. The Balaban J connectivity index is 1.37. The van der Waals surface area contributed by atoms with Crippen LogP contribution in [0, 0.1) is 5.92 Å². The third-order valence-corrected chi connectivity index (χ3v) is 5.17. The Hall–Kier alpha value is -1.43. The highest BCUT2D eigenvalue weighted by Crippen LogP contribution is 2.39. The lowest BCUT2D eigenvalue weighted by atomic mass is 10.0. The third-order valence-electron chi connectivity index (χ3n) is 5.17. The zero-order valence-electron chi connectivity index (χ0n) is 13.4. The summed E-state index contributed by atoms with van der Waals surface area (Å²) in [4.78, 5) is 16.8. The lowest BCUT2D eigenvalue weighted by Crippen LogP contribution is -2.46. The molecule has 1 atom stereocenters. The first-order chi connectivity index (χ1) is 10.7. The van der Waals surface area contributed by atoms with Gasteiger partial charge in [-0.1, -0.05) is 6.92 Å². The van der Waals surface area contributed by atoms with Crippen LogP contribution in [0.15, 0.2) is 0 Å². The molecule has 2 aliphatic heterocycles. The molecule has 1 amide bonds. The van der Waals surface area contributed by atoms with Crippen LogP contribution >= 0.6 is 0 Å². The number of fused-ring (bicyclic) bond motifs is 1. The molecule has 22 heavy (non-hydrogen) atoms. The van der Waals surface area contributed by atoms with E-state index >= 15 is 0 Å². The van der Waals surface area contributed by atoms with Crippen molar-refractivity contribution in [1.82, 2.24) is 24.6 Å². The second-order valence-corrected chi connectivity index (χ2v) is 7.20. The van der Waals surface area contributed by atoms with Crippen molar-refractivity contribution in [1.29, 1.82) is 0 Å². The minimum atomic E-state index is 0.280. The van der Waals surface area contributed by atoms with E-state index in [1.54, 1.807) is 0 Å². The van der Waals surface area contributed by atoms with Crippen molar-refractivity contribution in [3.8, 4) is 0 Å². The number of hydrogen-bond acceptors (Lipinski definition) is 4. The number of piperidine rings is 1. The van der Waals surface area contributed by atoms with Crippen molar-refractivity contribution in [3.63, 3.8) is 0 Å². The average Bonchev–Trinajstić information content (AvgIpc) is 3.27. The topological polar surface area (TPSA) is 54.3 Å². The van der Waals surface area contributed by atoms with Crippen molar-refractivity contribution in [2.75, 3.05) is 26.2 Å². The molecule has 1 saturated heterocycles. The molecule has 6 nitrogen and oxygen atoms in total. The highest BCUT2D eigenvalue weighted by atomic mass is 16.2. The molecule has 1 aromatic heterocycles. The van der Waals surface area contributed by atoms with Gasteiger partial charge in [0.05, 0.1) is 13.1 Å². The number of amides is 1. The average molecular weight is 303 g/mol. The van der Waals surface area contributed by atoms with Crippen molar-refractivity contribution < 1.29 is 4.79 Å². The van der Waals surface area contributed by atoms with Gasteiger partial charge in [-0.3, -0.25) is 9.69 Å². The van der Waals surface area contributed by atoms with E-state index in [2.05, 4.69) is 26.6 Å². The molecule has 120 valence electrons. The molecule has 0 N–H and O–H groups in total. The number of likely N-dealkylation sites (tertiary alicyclic amines) is 1. The molecule has 0 radical (unpaired) electrons. The van der Waals surface area contributed by atoms with E-state index in [4.69, 9.17) is 0 Å². The lowest BCUT2D eigenvalue weighted by Gasteiger charge is -2.34. The Kier molecular flexibility index (Phi) is 3.64. The first-order valence-corrected chi connectivity index (χ1v) is 8.63. The van der Waals surface area contributed by atoms with Crippen molar-refractivity contribution in [3.05, 3.63) is 11.6 Å². The maximum absolute atomic E-state index is 12.5. The van der Waals surface area contributed by atoms with Gasteiger partial charge in [0.1, 0.15) is 11.6 Å². The molecule has 1 aromatic rings. The second kappa shape index (κ2) is 5.65. The molecule has 1 unspecified atom stereocenters. The second-order valence-electron chi connectivity index (χ2n) is 7.20. The van der Waals surface area contributed by atoms with Crippen molar-refractivity contribution >= 4 is 5.91 Å². The van der Waals surface area contributed by atoms with Crippen LogP contribution in [0.3, 0.4) is 0 Å². The van der Waals surface area contributed by atoms with E-state index in [1.807, 2.05) is 4.90 Å². The molecule has 3 aliphatic rings. The summed E-state index contributed by atoms with van der Waals surface area (Å²) in [7, 11) is 0. The number of hydrogen-bond donors (Lipinski definition) is 0. The van der Waals surface area contributed by atoms with Gasteiger partial charge in [-0.2, -0.15) is 0 Å². The van der Waals surface area contributed by atoms with Gasteiger partial charge in [0.25, 0.3) is 0 Å². The molecule has 2 fully saturated rings. The van der Waals surface area contributed by atoms with E-state index in [-0.39, 0.29) is 5.91 Å². The fourth-order valence-electron chi connectivity index (χ4n) is 3.72. The number of aromatic nitrogens is 3. The Morgan fingerprint density at radius 2 is 2.05 bits per heavy atom. The van der Waals surface area contributed by atoms with Gasteiger partial charge >= 0.3 is 0 Å². The Labute approximate surface area is 131 Å². The summed E-state index contributed by atoms with van der Waals surface area (Å²) >= 11 is 0. The van der Waals surface area contributed by atoms with Crippen molar-refractivity contribution in [2.45, 2.75) is 51.6 Å². The van der Waals surface area contributed by atoms with Gasteiger partial charge in [0.15, 0.2) is 0 Å². The maximum atomic E-state index is 12.5. The highest BCUT2D eigenvalue weighted by Gasteiger charge is 2.32. The number of carbonyl (C=O) groups is 1. The first-order valence-electron chi connectivity index (χ1n) is 8.63. The number of carbonyl (C=O) groups excluding carboxylic acids is 1. The maximum Gasteiger partial charge on any atom is 0.236 e. The molecule has 3 heterocycles. The predicted molar refractivity (Wildman–Crippen MR) is 82.3 cm³/mol. The Bertz CT molecular complexity index is 565. The summed E-state index contributed by atoms with van der Waals surface area (Å²) in [6.45, 7) is 7.24. The highest BCUT2D eigenvalue weighted by molar-refractivity contribution is 5.78. The molecule has 4 rings (SSSR count). The zero-order chi connectivity index (χ0) is 15.1. The van der Waals surface area contributed by atoms with E-state index in [0.29, 0.717) is 18.4 Å². The molecule has 0 spiro atoms. The van der Waals surface area contributed by atoms with Crippen LogP contribution in [0.2, 0.25) is 0 Å². The van der Waals surface area contributed by atoms with E-state index < -0.39 is 0 Å². The van der Waals surface area contributed by atoms with Crippen molar-refractivity contribution in [2.24, 2.45) is 5.92 Å². The monoisotopic (exact) mass is 303 g/mol. The van der Waals surface area contributed by atoms with E-state index in [0.717, 1.165) is 45.0 Å². The van der Waals surface area contributed by atoms with Crippen LogP contribution in [0.4, 0.5) is 0 Å². The minimum Gasteiger partial charge on any atom is -0.341 e. The fourth-order valence-corrected chi connectivity index (χ4v) is 3.72. The Morgan fingerprint density at radius 1 is 1.18 bits per heavy atom. The van der Waals surface area contributed by atoms with Crippen LogP contribution < -0.4 is 0 Å². The normalized spacial score (nSPS) is 26.0. The first kappa shape index (κ1) is 14.2. The van der Waals surface area contributed by atoms with Crippen LogP contribution in [-0.2, 0) is 17.9 Å². The molecular formula is C16H25N5O. The minimum absolute atomic E-state index is 0.280. The standard InChI is InChI=1S/C16H25N5O/c1-12-3-2-6-20(9-12)15(22)11-19-7-8-21-14(10-19)17-18-16(21)13-4-5-13/h12-13H,2-11H2,1H3. The molecular weight excluding hydrogens is 278 g/mol. The smallest absolute Gasteiger partial charge is 0.236 e. The van der Waals surface area contributed by atoms with Gasteiger partial charge in [0, 0.05) is 32.1 Å². The molecule has 6 heteroatoms. The summed E-state index contributed by atoms with van der Waals surface area (Å²) in [5.41, 5.74) is 0.